The number of nitriles is 1. The summed E-state index contributed by atoms with van der Waals surface area (Å²) < 4.78 is 0. The lowest BCUT2D eigenvalue weighted by molar-refractivity contribution is 0.147. The van der Waals surface area contributed by atoms with Crippen molar-refractivity contribution in [3.8, 4) is 6.07 Å². The summed E-state index contributed by atoms with van der Waals surface area (Å²) in [5.74, 6) is -0.171. The second-order valence-corrected chi connectivity index (χ2v) is 2.26. The van der Waals surface area contributed by atoms with Gasteiger partial charge in [-0.15, -0.1) is 0 Å². The maximum Gasteiger partial charge on any atom is 0.0719 e. The third-order valence-corrected chi connectivity index (χ3v) is 1.35. The quantitative estimate of drug-likeness (QED) is 0.621. The van der Waals surface area contributed by atoms with Crippen molar-refractivity contribution in [2.45, 2.75) is 32.8 Å². The minimum Gasteiger partial charge on any atom is -0.392 e. The van der Waals surface area contributed by atoms with E-state index < -0.39 is 6.10 Å². The molecule has 0 aliphatic carbocycles. The average Bonchev–Trinajstić information content (AvgIpc) is 1.82. The first-order valence-electron chi connectivity index (χ1n) is 3.30. The number of hydrogen-bond acceptors (Lipinski definition) is 2. The van der Waals surface area contributed by atoms with E-state index in [0.717, 1.165) is 12.8 Å². The predicted molar refractivity (Wildman–Crippen MR) is 35.7 cm³/mol. The molecule has 52 valence electrons. The molecule has 0 rings (SSSR count). The van der Waals surface area contributed by atoms with Gasteiger partial charge in [0.1, 0.15) is 0 Å². The highest BCUT2D eigenvalue weighted by Crippen LogP contribution is 2.08. The van der Waals surface area contributed by atoms with Gasteiger partial charge in [-0.05, 0) is 13.3 Å². The fraction of sp³-hybridized carbons (Fsp3) is 0.857. The van der Waals surface area contributed by atoms with E-state index in [4.69, 9.17) is 10.4 Å². The Labute approximate surface area is 56.1 Å². The second kappa shape index (κ2) is 4.34. The van der Waals surface area contributed by atoms with Gasteiger partial charge >= 0.3 is 0 Å². The largest absolute Gasteiger partial charge is 0.392 e. The predicted octanol–water partition coefficient (Wildman–Crippen LogP) is 1.31. The molecule has 0 amide bonds. The van der Waals surface area contributed by atoms with Crippen molar-refractivity contribution in [1.82, 2.24) is 0 Å². The normalized spacial score (nSPS) is 16.2. The second-order valence-electron chi connectivity index (χ2n) is 2.26. The highest BCUT2D eigenvalue weighted by molar-refractivity contribution is 4.85. The van der Waals surface area contributed by atoms with Gasteiger partial charge in [-0.25, -0.2) is 0 Å². The minimum absolute atomic E-state index is 0.171. The summed E-state index contributed by atoms with van der Waals surface area (Å²) in [5.41, 5.74) is 0. The zero-order valence-corrected chi connectivity index (χ0v) is 5.96. The molecule has 2 unspecified atom stereocenters. The number of aliphatic hydroxyl groups excluding tert-OH is 1. The van der Waals surface area contributed by atoms with Crippen LogP contribution in [-0.4, -0.2) is 11.2 Å². The molecule has 0 spiro atoms. The molecule has 0 saturated heterocycles. The molecule has 0 radical (unpaired) electrons. The summed E-state index contributed by atoms with van der Waals surface area (Å²) in [4.78, 5) is 0. The Morgan fingerprint density at radius 3 is 2.33 bits per heavy atom. The fourth-order valence-electron chi connectivity index (χ4n) is 0.725. The Bertz CT molecular complexity index is 104. The Morgan fingerprint density at radius 1 is 1.67 bits per heavy atom. The Morgan fingerprint density at radius 2 is 2.22 bits per heavy atom. The summed E-state index contributed by atoms with van der Waals surface area (Å²) in [5, 5.41) is 17.3. The van der Waals surface area contributed by atoms with Crippen molar-refractivity contribution >= 4 is 0 Å². The summed E-state index contributed by atoms with van der Waals surface area (Å²) in [6.45, 7) is 3.66. The summed E-state index contributed by atoms with van der Waals surface area (Å²) in [7, 11) is 0. The van der Waals surface area contributed by atoms with Crippen LogP contribution in [-0.2, 0) is 0 Å². The Hall–Kier alpha value is -0.550. The van der Waals surface area contributed by atoms with Gasteiger partial charge in [0.15, 0.2) is 0 Å². The van der Waals surface area contributed by atoms with E-state index in [1.54, 1.807) is 6.92 Å². The van der Waals surface area contributed by atoms with Crippen LogP contribution in [0.1, 0.15) is 26.7 Å². The van der Waals surface area contributed by atoms with E-state index in [2.05, 4.69) is 6.07 Å². The lowest BCUT2D eigenvalue weighted by Crippen LogP contribution is -2.13. The van der Waals surface area contributed by atoms with Crippen LogP contribution in [0.15, 0.2) is 0 Å². The van der Waals surface area contributed by atoms with E-state index in [1.165, 1.54) is 0 Å². The summed E-state index contributed by atoms with van der Waals surface area (Å²) in [6, 6.07) is 2.05. The highest BCUT2D eigenvalue weighted by atomic mass is 16.3. The lowest BCUT2D eigenvalue weighted by Gasteiger charge is -2.08. The van der Waals surface area contributed by atoms with Gasteiger partial charge in [0, 0.05) is 0 Å². The molecule has 0 aliphatic rings. The molecule has 0 saturated carbocycles. The number of rotatable bonds is 3. The van der Waals surface area contributed by atoms with Crippen molar-refractivity contribution < 1.29 is 5.11 Å². The molecule has 0 aromatic rings. The van der Waals surface area contributed by atoms with Crippen molar-refractivity contribution in [3.63, 3.8) is 0 Å². The maximum atomic E-state index is 8.92. The fourth-order valence-corrected chi connectivity index (χ4v) is 0.725. The van der Waals surface area contributed by atoms with E-state index >= 15 is 0 Å². The van der Waals surface area contributed by atoms with Crippen LogP contribution in [0.4, 0.5) is 0 Å². The third kappa shape index (κ3) is 3.10. The van der Waals surface area contributed by atoms with Crippen LogP contribution < -0.4 is 0 Å². The zero-order valence-electron chi connectivity index (χ0n) is 5.96. The van der Waals surface area contributed by atoms with Gasteiger partial charge in [0.25, 0.3) is 0 Å². The molecular weight excluding hydrogens is 114 g/mol. The Kier molecular flexibility index (Phi) is 4.08. The first kappa shape index (κ1) is 8.45. The topological polar surface area (TPSA) is 44.0 Å². The molecule has 0 aliphatic heterocycles. The van der Waals surface area contributed by atoms with E-state index in [-0.39, 0.29) is 5.92 Å². The van der Waals surface area contributed by atoms with Crippen molar-refractivity contribution in [2.75, 3.05) is 0 Å². The molecule has 0 aromatic heterocycles. The molecule has 2 heteroatoms. The summed E-state index contributed by atoms with van der Waals surface area (Å²) in [6.07, 6.45) is 1.28. The Balaban J connectivity index is 3.58. The molecule has 0 bridgehead atoms. The third-order valence-electron chi connectivity index (χ3n) is 1.35. The highest BCUT2D eigenvalue weighted by Gasteiger charge is 2.11. The van der Waals surface area contributed by atoms with Gasteiger partial charge in [0.2, 0.25) is 0 Å². The minimum atomic E-state index is -0.477. The van der Waals surface area contributed by atoms with Crippen molar-refractivity contribution in [1.29, 1.82) is 5.26 Å². The molecule has 0 aromatic carbocycles. The van der Waals surface area contributed by atoms with Crippen LogP contribution in [0.3, 0.4) is 0 Å². The van der Waals surface area contributed by atoms with Crippen molar-refractivity contribution in [2.24, 2.45) is 5.92 Å². The van der Waals surface area contributed by atoms with E-state index in [9.17, 15) is 0 Å². The first-order chi connectivity index (χ1) is 4.22. The average molecular weight is 127 g/mol. The van der Waals surface area contributed by atoms with Crippen LogP contribution in [0, 0.1) is 17.2 Å². The molecule has 0 fully saturated rings. The lowest BCUT2D eigenvalue weighted by atomic mass is 10.0. The van der Waals surface area contributed by atoms with Crippen molar-refractivity contribution in [3.05, 3.63) is 0 Å². The standard InChI is InChI=1S/C7H13NO/c1-3-4-7(5-8)6(2)9/h6-7,9H,3-4H2,1-2H3. The molecule has 1 N–H and O–H groups in total. The molecule has 0 heterocycles. The van der Waals surface area contributed by atoms with Gasteiger partial charge in [0.05, 0.1) is 18.1 Å². The molecule has 2 nitrogen and oxygen atoms in total. The molecular formula is C7H13NO. The van der Waals surface area contributed by atoms with Crippen LogP contribution in [0.5, 0.6) is 0 Å². The van der Waals surface area contributed by atoms with Gasteiger partial charge in [-0.3, -0.25) is 0 Å². The molecule has 9 heavy (non-hydrogen) atoms. The monoisotopic (exact) mass is 127 g/mol. The maximum absolute atomic E-state index is 8.92. The first-order valence-corrected chi connectivity index (χ1v) is 3.30. The summed E-state index contributed by atoms with van der Waals surface area (Å²) >= 11 is 0. The van der Waals surface area contributed by atoms with Crippen LogP contribution in [0.25, 0.3) is 0 Å². The van der Waals surface area contributed by atoms with Gasteiger partial charge in [-0.2, -0.15) is 5.26 Å². The van der Waals surface area contributed by atoms with E-state index in [1.807, 2.05) is 6.92 Å². The molecule has 2 atom stereocenters. The van der Waals surface area contributed by atoms with E-state index in [0.29, 0.717) is 0 Å². The van der Waals surface area contributed by atoms with Gasteiger partial charge < -0.3 is 5.11 Å². The van der Waals surface area contributed by atoms with Gasteiger partial charge in [-0.1, -0.05) is 13.3 Å². The number of hydrogen-bond donors (Lipinski definition) is 1. The van der Waals surface area contributed by atoms with Crippen LogP contribution >= 0.6 is 0 Å². The zero-order chi connectivity index (χ0) is 7.28. The number of nitrogens with zero attached hydrogens (tertiary/aromatic N) is 1. The SMILES string of the molecule is CCCC(C#N)C(C)O. The van der Waals surface area contributed by atoms with Crippen LogP contribution in [0.2, 0.25) is 0 Å². The number of aliphatic hydroxyl groups is 1. The smallest absolute Gasteiger partial charge is 0.0719 e.